The van der Waals surface area contributed by atoms with Crippen molar-refractivity contribution in [3.8, 4) is 11.4 Å². The minimum absolute atomic E-state index is 0.810. The van der Waals surface area contributed by atoms with Crippen molar-refractivity contribution in [1.82, 2.24) is 19.9 Å². The van der Waals surface area contributed by atoms with Crippen LogP contribution in [0.15, 0.2) is 36.9 Å². The molecule has 4 heteroatoms. The zero-order valence-electron chi connectivity index (χ0n) is 8.81. The normalized spacial score (nSPS) is 10.8. The van der Waals surface area contributed by atoms with Gasteiger partial charge in [0.1, 0.15) is 12.2 Å². The van der Waals surface area contributed by atoms with Gasteiger partial charge in [-0.1, -0.05) is 12.1 Å². The summed E-state index contributed by atoms with van der Waals surface area (Å²) in [4.78, 5) is 15.8. The molecule has 3 aromatic rings. The smallest absolute Gasteiger partial charge is 0.141 e. The minimum Gasteiger partial charge on any atom is -0.338 e. The number of nitrogens with one attached hydrogen (secondary N) is 1. The van der Waals surface area contributed by atoms with Crippen LogP contribution < -0.4 is 0 Å². The van der Waals surface area contributed by atoms with Gasteiger partial charge in [0.2, 0.25) is 0 Å². The number of rotatable bonds is 1. The maximum atomic E-state index is 4.51. The van der Waals surface area contributed by atoms with Crippen molar-refractivity contribution in [2.75, 3.05) is 0 Å². The van der Waals surface area contributed by atoms with Crippen LogP contribution in [0.1, 0.15) is 5.56 Å². The Balaban J connectivity index is 2.23. The standard InChI is InChI=1S/C12H10N4/c1-8-3-2-4-10-11(8)16-12(15-10)9-5-13-7-14-6-9/h2-7H,1H3,(H,15,16). The summed E-state index contributed by atoms with van der Waals surface area (Å²) in [5.74, 6) is 0.810. The van der Waals surface area contributed by atoms with E-state index in [9.17, 15) is 0 Å². The lowest BCUT2D eigenvalue weighted by Gasteiger charge is -1.93. The third kappa shape index (κ3) is 1.35. The third-order valence-corrected chi connectivity index (χ3v) is 2.56. The minimum atomic E-state index is 0.810. The van der Waals surface area contributed by atoms with Gasteiger partial charge in [-0.15, -0.1) is 0 Å². The van der Waals surface area contributed by atoms with Crippen molar-refractivity contribution in [2.24, 2.45) is 0 Å². The first-order chi connectivity index (χ1) is 7.84. The first kappa shape index (κ1) is 9.03. The summed E-state index contributed by atoms with van der Waals surface area (Å²) >= 11 is 0. The Labute approximate surface area is 92.4 Å². The number of para-hydroxylation sites is 1. The summed E-state index contributed by atoms with van der Waals surface area (Å²) < 4.78 is 0. The van der Waals surface area contributed by atoms with Gasteiger partial charge in [-0.25, -0.2) is 15.0 Å². The van der Waals surface area contributed by atoms with E-state index in [4.69, 9.17) is 0 Å². The lowest BCUT2D eigenvalue weighted by Crippen LogP contribution is -1.83. The predicted molar refractivity (Wildman–Crippen MR) is 61.9 cm³/mol. The Bertz CT molecular complexity index is 628. The van der Waals surface area contributed by atoms with E-state index in [1.807, 2.05) is 12.1 Å². The number of benzene rings is 1. The molecule has 2 aromatic heterocycles. The lowest BCUT2D eigenvalue weighted by atomic mass is 10.2. The van der Waals surface area contributed by atoms with Crippen molar-refractivity contribution in [3.63, 3.8) is 0 Å². The van der Waals surface area contributed by atoms with E-state index < -0.39 is 0 Å². The monoisotopic (exact) mass is 210 g/mol. The maximum absolute atomic E-state index is 4.51. The number of aromatic nitrogens is 4. The predicted octanol–water partition coefficient (Wildman–Crippen LogP) is 2.33. The van der Waals surface area contributed by atoms with Gasteiger partial charge in [-0.05, 0) is 18.6 Å². The summed E-state index contributed by atoms with van der Waals surface area (Å²) in [6.07, 6.45) is 5.01. The van der Waals surface area contributed by atoms with Crippen LogP contribution in [-0.4, -0.2) is 19.9 Å². The van der Waals surface area contributed by atoms with E-state index in [1.54, 1.807) is 12.4 Å². The van der Waals surface area contributed by atoms with Crippen molar-refractivity contribution < 1.29 is 0 Å². The molecule has 78 valence electrons. The summed E-state index contributed by atoms with van der Waals surface area (Å²) in [5, 5.41) is 0. The van der Waals surface area contributed by atoms with Crippen LogP contribution >= 0.6 is 0 Å². The highest BCUT2D eigenvalue weighted by molar-refractivity contribution is 5.81. The summed E-state index contributed by atoms with van der Waals surface area (Å²) in [7, 11) is 0. The van der Waals surface area contributed by atoms with Crippen LogP contribution in [0.25, 0.3) is 22.4 Å². The number of nitrogens with zero attached hydrogens (tertiary/aromatic N) is 3. The SMILES string of the molecule is Cc1cccc2nc(-c3cncnc3)[nH]c12. The van der Waals surface area contributed by atoms with E-state index in [0.717, 1.165) is 22.4 Å². The van der Waals surface area contributed by atoms with Crippen LogP contribution in [0, 0.1) is 6.92 Å². The van der Waals surface area contributed by atoms with E-state index >= 15 is 0 Å². The van der Waals surface area contributed by atoms with E-state index in [1.165, 1.54) is 11.9 Å². The summed E-state index contributed by atoms with van der Waals surface area (Å²) in [6.45, 7) is 2.06. The highest BCUT2D eigenvalue weighted by atomic mass is 14.9. The molecule has 0 aliphatic carbocycles. The number of aryl methyl sites for hydroxylation is 1. The quantitative estimate of drug-likeness (QED) is 0.670. The Morgan fingerprint density at radius 2 is 1.94 bits per heavy atom. The first-order valence-electron chi connectivity index (χ1n) is 5.05. The molecule has 4 nitrogen and oxygen atoms in total. The zero-order valence-corrected chi connectivity index (χ0v) is 8.81. The molecule has 1 N–H and O–H groups in total. The molecule has 0 saturated heterocycles. The number of fused-ring (bicyclic) bond motifs is 1. The highest BCUT2D eigenvalue weighted by Crippen LogP contribution is 2.20. The van der Waals surface area contributed by atoms with Crippen LogP contribution in [0.3, 0.4) is 0 Å². The zero-order chi connectivity index (χ0) is 11.0. The van der Waals surface area contributed by atoms with Crippen molar-refractivity contribution in [1.29, 1.82) is 0 Å². The summed E-state index contributed by atoms with van der Waals surface area (Å²) in [6, 6.07) is 6.06. The summed E-state index contributed by atoms with van der Waals surface area (Å²) in [5.41, 5.74) is 4.13. The molecule has 0 amide bonds. The molecular formula is C12H10N4. The second kappa shape index (κ2) is 3.41. The molecule has 0 aliphatic rings. The van der Waals surface area contributed by atoms with E-state index in [2.05, 4.69) is 32.9 Å². The molecule has 0 atom stereocenters. The van der Waals surface area contributed by atoms with Crippen LogP contribution in [-0.2, 0) is 0 Å². The average molecular weight is 210 g/mol. The Morgan fingerprint density at radius 3 is 2.69 bits per heavy atom. The maximum Gasteiger partial charge on any atom is 0.141 e. The largest absolute Gasteiger partial charge is 0.338 e. The van der Waals surface area contributed by atoms with Crippen molar-refractivity contribution in [2.45, 2.75) is 6.92 Å². The van der Waals surface area contributed by atoms with Gasteiger partial charge in [0.15, 0.2) is 0 Å². The molecule has 0 fully saturated rings. The van der Waals surface area contributed by atoms with Gasteiger partial charge < -0.3 is 4.98 Å². The number of H-pyrrole nitrogens is 1. The van der Waals surface area contributed by atoms with Crippen LogP contribution in [0.5, 0.6) is 0 Å². The van der Waals surface area contributed by atoms with Gasteiger partial charge in [-0.3, -0.25) is 0 Å². The fourth-order valence-electron chi connectivity index (χ4n) is 1.73. The van der Waals surface area contributed by atoms with Gasteiger partial charge in [0, 0.05) is 12.4 Å². The molecule has 16 heavy (non-hydrogen) atoms. The molecule has 0 radical (unpaired) electrons. The molecule has 0 spiro atoms. The van der Waals surface area contributed by atoms with Crippen molar-refractivity contribution >= 4 is 11.0 Å². The number of hydrogen-bond acceptors (Lipinski definition) is 3. The molecule has 1 aromatic carbocycles. The second-order valence-electron chi connectivity index (χ2n) is 3.68. The first-order valence-corrected chi connectivity index (χ1v) is 5.05. The van der Waals surface area contributed by atoms with Crippen molar-refractivity contribution in [3.05, 3.63) is 42.5 Å². The Morgan fingerprint density at radius 1 is 1.12 bits per heavy atom. The Hall–Kier alpha value is -2.23. The fraction of sp³-hybridized carbons (Fsp3) is 0.0833. The van der Waals surface area contributed by atoms with Gasteiger partial charge >= 0.3 is 0 Å². The number of imidazole rings is 1. The van der Waals surface area contributed by atoms with Crippen LogP contribution in [0.4, 0.5) is 0 Å². The molecule has 0 bridgehead atoms. The van der Waals surface area contributed by atoms with Gasteiger partial charge in [0.25, 0.3) is 0 Å². The van der Waals surface area contributed by atoms with Gasteiger partial charge in [-0.2, -0.15) is 0 Å². The lowest BCUT2D eigenvalue weighted by molar-refractivity contribution is 1.15. The molecule has 0 saturated carbocycles. The molecule has 3 rings (SSSR count). The van der Waals surface area contributed by atoms with Crippen LogP contribution in [0.2, 0.25) is 0 Å². The fourth-order valence-corrected chi connectivity index (χ4v) is 1.73. The topological polar surface area (TPSA) is 54.5 Å². The molecular weight excluding hydrogens is 200 g/mol. The number of hydrogen-bond donors (Lipinski definition) is 1. The number of aromatic amines is 1. The average Bonchev–Trinajstić information content (AvgIpc) is 2.76. The van der Waals surface area contributed by atoms with E-state index in [-0.39, 0.29) is 0 Å². The van der Waals surface area contributed by atoms with Gasteiger partial charge in [0.05, 0.1) is 16.6 Å². The Kier molecular flexibility index (Phi) is 1.93. The third-order valence-electron chi connectivity index (χ3n) is 2.56. The molecule has 2 heterocycles. The molecule has 0 aliphatic heterocycles. The molecule has 0 unspecified atom stereocenters. The second-order valence-corrected chi connectivity index (χ2v) is 3.68. The van der Waals surface area contributed by atoms with E-state index in [0.29, 0.717) is 0 Å². The highest BCUT2D eigenvalue weighted by Gasteiger charge is 2.06.